The van der Waals surface area contributed by atoms with E-state index < -0.39 is 5.97 Å². The van der Waals surface area contributed by atoms with Crippen molar-refractivity contribution >= 4 is 32.8 Å². The number of carboxylic acid groups (broad SMARTS) is 1. The van der Waals surface area contributed by atoms with E-state index in [1.807, 2.05) is 6.07 Å². The zero-order chi connectivity index (χ0) is 13.1. The number of rotatable bonds is 3. The van der Waals surface area contributed by atoms with Crippen LogP contribution in [-0.2, 0) is 11.3 Å². The van der Waals surface area contributed by atoms with Crippen LogP contribution in [0.2, 0.25) is 0 Å². The van der Waals surface area contributed by atoms with Gasteiger partial charge < -0.3 is 5.11 Å². The number of fused-ring (bicyclic) bond motifs is 1. The van der Waals surface area contributed by atoms with Crippen LogP contribution in [0.25, 0.3) is 10.9 Å². The predicted octanol–water partition coefficient (Wildman–Crippen LogP) is 1.80. The third kappa shape index (κ3) is 2.65. The van der Waals surface area contributed by atoms with Crippen molar-refractivity contribution in [3.05, 3.63) is 51.5 Å². The van der Waals surface area contributed by atoms with Crippen molar-refractivity contribution in [1.82, 2.24) is 9.55 Å². The van der Waals surface area contributed by atoms with Crippen LogP contribution in [0.3, 0.4) is 0 Å². The highest BCUT2D eigenvalue weighted by Gasteiger charge is 2.03. The minimum atomic E-state index is -1.04. The second-order valence-corrected chi connectivity index (χ2v) is 4.52. The SMILES string of the molecule is O=C(O)C=CCn1cnc2ccc(Br)cc2c1=O. The number of benzene rings is 1. The molecule has 1 aromatic heterocycles. The van der Waals surface area contributed by atoms with Crippen LogP contribution in [0.5, 0.6) is 0 Å². The summed E-state index contributed by atoms with van der Waals surface area (Å²) in [5, 5.41) is 8.97. The Morgan fingerprint density at radius 2 is 2.28 bits per heavy atom. The Morgan fingerprint density at radius 3 is 3.00 bits per heavy atom. The number of allylic oxidation sites excluding steroid dienone is 1. The monoisotopic (exact) mass is 308 g/mol. The van der Waals surface area contributed by atoms with Gasteiger partial charge in [0.1, 0.15) is 0 Å². The molecule has 0 aliphatic heterocycles. The molecule has 1 aromatic carbocycles. The van der Waals surface area contributed by atoms with Gasteiger partial charge in [-0.2, -0.15) is 0 Å². The molecule has 0 fully saturated rings. The summed E-state index contributed by atoms with van der Waals surface area (Å²) in [5.41, 5.74) is 0.415. The zero-order valence-electron chi connectivity index (χ0n) is 9.21. The number of halogens is 1. The first-order valence-electron chi connectivity index (χ1n) is 5.12. The van der Waals surface area contributed by atoms with E-state index in [4.69, 9.17) is 5.11 Å². The van der Waals surface area contributed by atoms with Gasteiger partial charge in [-0.3, -0.25) is 9.36 Å². The Morgan fingerprint density at radius 1 is 1.50 bits per heavy atom. The molecule has 5 nitrogen and oxygen atoms in total. The third-order valence-electron chi connectivity index (χ3n) is 2.35. The lowest BCUT2D eigenvalue weighted by Crippen LogP contribution is -2.20. The van der Waals surface area contributed by atoms with Gasteiger partial charge >= 0.3 is 5.97 Å². The molecule has 2 rings (SSSR count). The van der Waals surface area contributed by atoms with Gasteiger partial charge in [-0.25, -0.2) is 9.78 Å². The summed E-state index contributed by atoms with van der Waals surface area (Å²) in [6.45, 7) is 0.181. The molecule has 18 heavy (non-hydrogen) atoms. The smallest absolute Gasteiger partial charge is 0.328 e. The summed E-state index contributed by atoms with van der Waals surface area (Å²) < 4.78 is 2.15. The first-order chi connectivity index (χ1) is 8.58. The molecule has 2 aromatic rings. The van der Waals surface area contributed by atoms with E-state index in [0.29, 0.717) is 10.9 Å². The molecule has 0 saturated carbocycles. The Balaban J connectivity index is 2.44. The van der Waals surface area contributed by atoms with Gasteiger partial charge in [0.05, 0.1) is 17.2 Å². The Bertz CT molecular complexity index is 691. The van der Waals surface area contributed by atoms with Crippen LogP contribution in [-0.4, -0.2) is 20.6 Å². The number of carboxylic acids is 1. The lowest BCUT2D eigenvalue weighted by atomic mass is 10.2. The first kappa shape index (κ1) is 12.5. The fourth-order valence-corrected chi connectivity index (χ4v) is 1.89. The summed E-state index contributed by atoms with van der Waals surface area (Å²) in [4.78, 5) is 26.6. The van der Waals surface area contributed by atoms with E-state index in [9.17, 15) is 9.59 Å². The highest BCUT2D eigenvalue weighted by molar-refractivity contribution is 9.10. The van der Waals surface area contributed by atoms with Gasteiger partial charge in [-0.05, 0) is 18.2 Å². The van der Waals surface area contributed by atoms with Gasteiger partial charge in [-0.1, -0.05) is 22.0 Å². The Hall–Kier alpha value is -1.95. The second-order valence-electron chi connectivity index (χ2n) is 3.60. The zero-order valence-corrected chi connectivity index (χ0v) is 10.8. The average Bonchev–Trinajstić information content (AvgIpc) is 2.32. The molecule has 0 aliphatic carbocycles. The maximum atomic E-state index is 12.1. The topological polar surface area (TPSA) is 72.2 Å². The molecule has 0 aliphatic rings. The van der Waals surface area contributed by atoms with Gasteiger partial charge in [0.25, 0.3) is 5.56 Å². The highest BCUT2D eigenvalue weighted by Crippen LogP contribution is 2.14. The lowest BCUT2D eigenvalue weighted by Gasteiger charge is -2.03. The van der Waals surface area contributed by atoms with Crippen molar-refractivity contribution in [2.75, 3.05) is 0 Å². The van der Waals surface area contributed by atoms with Crippen LogP contribution in [0.1, 0.15) is 0 Å². The van der Waals surface area contributed by atoms with Crippen molar-refractivity contribution in [2.24, 2.45) is 0 Å². The van der Waals surface area contributed by atoms with Crippen molar-refractivity contribution in [1.29, 1.82) is 0 Å². The molecule has 0 amide bonds. The van der Waals surface area contributed by atoms with E-state index >= 15 is 0 Å². The molecule has 1 heterocycles. The van der Waals surface area contributed by atoms with Crippen LogP contribution in [0, 0.1) is 0 Å². The number of aliphatic carboxylic acids is 1. The predicted molar refractivity (Wildman–Crippen MR) is 70.5 cm³/mol. The van der Waals surface area contributed by atoms with Crippen LogP contribution < -0.4 is 5.56 Å². The molecule has 0 spiro atoms. The van der Waals surface area contributed by atoms with Gasteiger partial charge in [-0.15, -0.1) is 0 Å². The lowest BCUT2D eigenvalue weighted by molar-refractivity contribution is -0.131. The Labute approximate surface area is 111 Å². The molecule has 92 valence electrons. The summed E-state index contributed by atoms with van der Waals surface area (Å²) >= 11 is 3.30. The highest BCUT2D eigenvalue weighted by atomic mass is 79.9. The molecule has 0 unspecified atom stereocenters. The van der Waals surface area contributed by atoms with E-state index in [1.54, 1.807) is 12.1 Å². The molecule has 1 N–H and O–H groups in total. The molecule has 0 bridgehead atoms. The van der Waals surface area contributed by atoms with Gasteiger partial charge in [0, 0.05) is 17.1 Å². The van der Waals surface area contributed by atoms with Crippen molar-refractivity contribution in [3.63, 3.8) is 0 Å². The fourth-order valence-electron chi connectivity index (χ4n) is 1.53. The van der Waals surface area contributed by atoms with E-state index in [-0.39, 0.29) is 12.1 Å². The van der Waals surface area contributed by atoms with Crippen molar-refractivity contribution in [2.45, 2.75) is 6.54 Å². The number of hydrogen-bond acceptors (Lipinski definition) is 3. The van der Waals surface area contributed by atoms with E-state index in [2.05, 4.69) is 20.9 Å². The van der Waals surface area contributed by atoms with Crippen molar-refractivity contribution < 1.29 is 9.90 Å². The molecule has 0 radical (unpaired) electrons. The molecular formula is C12H9BrN2O3. The third-order valence-corrected chi connectivity index (χ3v) is 2.84. The number of nitrogens with zero attached hydrogens (tertiary/aromatic N) is 2. The number of aromatic nitrogens is 2. The fraction of sp³-hybridized carbons (Fsp3) is 0.0833. The normalized spacial score (nSPS) is 11.2. The second kappa shape index (κ2) is 5.14. The standard InChI is InChI=1S/C12H9BrN2O3/c13-8-3-4-10-9(6-8)12(18)15(7-14-10)5-1-2-11(16)17/h1-4,6-7H,5H2,(H,16,17). The van der Waals surface area contributed by atoms with Crippen LogP contribution in [0.15, 0.2) is 45.9 Å². The number of hydrogen-bond donors (Lipinski definition) is 1. The molecule has 6 heteroatoms. The molecular weight excluding hydrogens is 300 g/mol. The van der Waals surface area contributed by atoms with E-state index in [0.717, 1.165) is 10.5 Å². The maximum Gasteiger partial charge on any atom is 0.328 e. The van der Waals surface area contributed by atoms with Gasteiger partial charge in [0.2, 0.25) is 0 Å². The summed E-state index contributed by atoms with van der Waals surface area (Å²) in [5.74, 6) is -1.04. The molecule has 0 saturated heterocycles. The maximum absolute atomic E-state index is 12.1. The molecule has 0 atom stereocenters. The largest absolute Gasteiger partial charge is 0.478 e. The van der Waals surface area contributed by atoms with Gasteiger partial charge in [0.15, 0.2) is 0 Å². The first-order valence-corrected chi connectivity index (χ1v) is 5.91. The Kier molecular flexibility index (Phi) is 3.57. The minimum Gasteiger partial charge on any atom is -0.478 e. The van der Waals surface area contributed by atoms with Crippen LogP contribution >= 0.6 is 15.9 Å². The summed E-state index contributed by atoms with van der Waals surface area (Å²) in [6.07, 6.45) is 3.80. The van der Waals surface area contributed by atoms with Crippen molar-refractivity contribution in [3.8, 4) is 0 Å². The quantitative estimate of drug-likeness (QED) is 0.878. The summed E-state index contributed by atoms with van der Waals surface area (Å²) in [6, 6.07) is 5.25. The average molecular weight is 309 g/mol. The van der Waals surface area contributed by atoms with E-state index in [1.165, 1.54) is 17.0 Å². The van der Waals surface area contributed by atoms with Crippen LogP contribution in [0.4, 0.5) is 0 Å². The minimum absolute atomic E-state index is 0.181. The number of carbonyl (C=O) groups is 1. The summed E-state index contributed by atoms with van der Waals surface area (Å²) in [7, 11) is 0.